The second-order valence-electron chi connectivity index (χ2n) is 6.67. The third-order valence-electron chi connectivity index (χ3n) is 4.42. The van der Waals surface area contributed by atoms with Crippen molar-refractivity contribution in [3.63, 3.8) is 0 Å². The highest BCUT2D eigenvalue weighted by molar-refractivity contribution is 4.58. The molecular formula is C20H41NO5. The van der Waals surface area contributed by atoms with Crippen molar-refractivity contribution in [2.45, 2.75) is 45.4 Å². The second kappa shape index (κ2) is 19.5. The van der Waals surface area contributed by atoms with Crippen molar-refractivity contribution in [3.05, 3.63) is 0 Å². The van der Waals surface area contributed by atoms with Gasteiger partial charge < -0.3 is 23.7 Å². The van der Waals surface area contributed by atoms with Crippen molar-refractivity contribution in [1.82, 2.24) is 4.90 Å². The van der Waals surface area contributed by atoms with Crippen LogP contribution in [-0.4, -0.2) is 90.6 Å². The molecule has 26 heavy (non-hydrogen) atoms. The normalized spacial score (nSPS) is 21.1. The molecule has 0 amide bonds. The van der Waals surface area contributed by atoms with Crippen LogP contribution in [0.3, 0.4) is 0 Å². The van der Waals surface area contributed by atoms with E-state index in [4.69, 9.17) is 23.7 Å². The molecule has 1 heterocycles. The standard InChI is InChI=1S/C20H41NO5/c1-2-3-4-5-6-7-8-21-9-11-22-13-15-24-17-19-26-20-18-25-16-14-23-12-10-21/h2-20H2,1H3. The topological polar surface area (TPSA) is 49.4 Å². The smallest absolute Gasteiger partial charge is 0.0701 e. The third-order valence-corrected chi connectivity index (χ3v) is 4.42. The number of hydrogen-bond donors (Lipinski definition) is 0. The summed E-state index contributed by atoms with van der Waals surface area (Å²) in [5.41, 5.74) is 0. The minimum atomic E-state index is 0.603. The summed E-state index contributed by atoms with van der Waals surface area (Å²) in [5, 5.41) is 0. The average molecular weight is 376 g/mol. The fourth-order valence-corrected chi connectivity index (χ4v) is 2.82. The van der Waals surface area contributed by atoms with E-state index in [0.717, 1.165) is 32.8 Å². The van der Waals surface area contributed by atoms with Crippen LogP contribution < -0.4 is 0 Å². The lowest BCUT2D eigenvalue weighted by atomic mass is 10.1. The summed E-state index contributed by atoms with van der Waals surface area (Å²) in [6.45, 7) is 11.8. The summed E-state index contributed by atoms with van der Waals surface area (Å²) < 4.78 is 27.8. The maximum Gasteiger partial charge on any atom is 0.0701 e. The van der Waals surface area contributed by atoms with Gasteiger partial charge in [-0.2, -0.15) is 0 Å². The van der Waals surface area contributed by atoms with Crippen molar-refractivity contribution in [2.24, 2.45) is 0 Å². The van der Waals surface area contributed by atoms with Gasteiger partial charge in [0.2, 0.25) is 0 Å². The molecule has 0 spiro atoms. The molecule has 1 saturated heterocycles. The summed E-state index contributed by atoms with van der Waals surface area (Å²) in [7, 11) is 0. The monoisotopic (exact) mass is 375 g/mol. The molecule has 0 N–H and O–H groups in total. The maximum absolute atomic E-state index is 5.70. The highest BCUT2D eigenvalue weighted by atomic mass is 16.6. The van der Waals surface area contributed by atoms with Crippen LogP contribution in [0, 0.1) is 0 Å². The summed E-state index contributed by atoms with van der Waals surface area (Å²) in [6.07, 6.45) is 7.97. The Kier molecular flexibility index (Phi) is 17.9. The minimum absolute atomic E-state index is 0.603. The molecular weight excluding hydrogens is 334 g/mol. The molecule has 1 rings (SSSR count). The van der Waals surface area contributed by atoms with Gasteiger partial charge in [-0.25, -0.2) is 0 Å². The van der Waals surface area contributed by atoms with Gasteiger partial charge in [0.25, 0.3) is 0 Å². The zero-order valence-electron chi connectivity index (χ0n) is 16.9. The fourth-order valence-electron chi connectivity index (χ4n) is 2.82. The Morgan fingerprint density at radius 3 is 1.35 bits per heavy atom. The molecule has 1 aliphatic rings. The molecule has 6 nitrogen and oxygen atoms in total. The van der Waals surface area contributed by atoms with E-state index in [1.54, 1.807) is 0 Å². The van der Waals surface area contributed by atoms with Crippen molar-refractivity contribution in [3.8, 4) is 0 Å². The average Bonchev–Trinajstić information content (AvgIpc) is 2.65. The van der Waals surface area contributed by atoms with Crippen LogP contribution in [0.1, 0.15) is 45.4 Å². The Morgan fingerprint density at radius 2 is 0.885 bits per heavy atom. The zero-order valence-corrected chi connectivity index (χ0v) is 16.9. The first-order chi connectivity index (χ1) is 12.9. The van der Waals surface area contributed by atoms with E-state index in [1.807, 2.05) is 0 Å². The van der Waals surface area contributed by atoms with E-state index in [1.165, 1.54) is 38.5 Å². The minimum Gasteiger partial charge on any atom is -0.378 e. The van der Waals surface area contributed by atoms with Gasteiger partial charge in [-0.1, -0.05) is 39.0 Å². The van der Waals surface area contributed by atoms with Gasteiger partial charge >= 0.3 is 0 Å². The quantitative estimate of drug-likeness (QED) is 0.638. The highest BCUT2D eigenvalue weighted by Crippen LogP contribution is 2.06. The van der Waals surface area contributed by atoms with E-state index >= 15 is 0 Å². The lowest BCUT2D eigenvalue weighted by Crippen LogP contribution is -2.32. The van der Waals surface area contributed by atoms with Crippen LogP contribution in [0.15, 0.2) is 0 Å². The molecule has 1 aliphatic heterocycles. The Bertz CT molecular complexity index is 263. The lowest BCUT2D eigenvalue weighted by molar-refractivity contribution is -0.0186. The molecule has 0 aromatic heterocycles. The lowest BCUT2D eigenvalue weighted by Gasteiger charge is -2.22. The third kappa shape index (κ3) is 16.0. The van der Waals surface area contributed by atoms with Gasteiger partial charge in [0.05, 0.1) is 66.1 Å². The molecule has 0 saturated carbocycles. The number of hydrogen-bond acceptors (Lipinski definition) is 6. The molecule has 6 heteroatoms. The fraction of sp³-hybridized carbons (Fsp3) is 1.00. The van der Waals surface area contributed by atoms with Crippen molar-refractivity contribution < 1.29 is 23.7 Å². The van der Waals surface area contributed by atoms with Crippen molar-refractivity contribution in [2.75, 3.05) is 85.7 Å². The van der Waals surface area contributed by atoms with E-state index < -0.39 is 0 Å². The van der Waals surface area contributed by atoms with Crippen molar-refractivity contribution in [1.29, 1.82) is 0 Å². The molecule has 0 bridgehead atoms. The molecule has 0 aromatic carbocycles. The Morgan fingerprint density at radius 1 is 0.500 bits per heavy atom. The van der Waals surface area contributed by atoms with E-state index in [2.05, 4.69) is 11.8 Å². The Hall–Kier alpha value is -0.240. The SMILES string of the molecule is CCCCCCCCN1CCOCCOCCOCCOCCOCC1. The maximum atomic E-state index is 5.70. The van der Waals surface area contributed by atoms with Gasteiger partial charge in [0, 0.05) is 13.1 Å². The molecule has 1 fully saturated rings. The number of unbranched alkanes of at least 4 members (excludes halogenated alkanes) is 5. The van der Waals surface area contributed by atoms with Crippen LogP contribution in [0.25, 0.3) is 0 Å². The van der Waals surface area contributed by atoms with Crippen LogP contribution in [0.4, 0.5) is 0 Å². The van der Waals surface area contributed by atoms with Gasteiger partial charge in [-0.05, 0) is 13.0 Å². The highest BCUT2D eigenvalue weighted by Gasteiger charge is 2.05. The van der Waals surface area contributed by atoms with E-state index in [0.29, 0.717) is 52.9 Å². The van der Waals surface area contributed by atoms with Crippen LogP contribution in [-0.2, 0) is 23.7 Å². The van der Waals surface area contributed by atoms with E-state index in [-0.39, 0.29) is 0 Å². The van der Waals surface area contributed by atoms with Gasteiger partial charge in [-0.15, -0.1) is 0 Å². The number of rotatable bonds is 7. The second-order valence-corrected chi connectivity index (χ2v) is 6.67. The molecule has 0 aliphatic carbocycles. The molecule has 0 atom stereocenters. The van der Waals surface area contributed by atoms with Crippen LogP contribution in [0.2, 0.25) is 0 Å². The number of nitrogens with zero attached hydrogens (tertiary/aromatic N) is 1. The summed E-state index contributed by atoms with van der Waals surface area (Å²) in [5.74, 6) is 0. The van der Waals surface area contributed by atoms with Gasteiger partial charge in [-0.3, -0.25) is 4.90 Å². The first-order valence-electron chi connectivity index (χ1n) is 10.5. The van der Waals surface area contributed by atoms with Gasteiger partial charge in [0.1, 0.15) is 0 Å². The Balaban J connectivity index is 2.19. The summed E-state index contributed by atoms with van der Waals surface area (Å²) >= 11 is 0. The van der Waals surface area contributed by atoms with Gasteiger partial charge in [0.15, 0.2) is 0 Å². The molecule has 0 aromatic rings. The van der Waals surface area contributed by atoms with Crippen LogP contribution >= 0.6 is 0 Å². The largest absolute Gasteiger partial charge is 0.378 e. The summed E-state index contributed by atoms with van der Waals surface area (Å²) in [4.78, 5) is 2.46. The first-order valence-corrected chi connectivity index (χ1v) is 10.5. The number of ether oxygens (including phenoxy) is 5. The predicted octanol–water partition coefficient (Wildman–Crippen LogP) is 2.75. The van der Waals surface area contributed by atoms with E-state index in [9.17, 15) is 0 Å². The molecule has 0 radical (unpaired) electrons. The van der Waals surface area contributed by atoms with Crippen LogP contribution in [0.5, 0.6) is 0 Å². The first kappa shape index (κ1) is 23.8. The predicted molar refractivity (Wildman–Crippen MR) is 104 cm³/mol. The van der Waals surface area contributed by atoms with Crippen molar-refractivity contribution >= 4 is 0 Å². The summed E-state index contributed by atoms with van der Waals surface area (Å²) in [6, 6.07) is 0. The zero-order chi connectivity index (χ0) is 18.5. The molecule has 0 unspecified atom stereocenters. The Labute approximate surface area is 160 Å². The molecule has 156 valence electrons.